The lowest BCUT2D eigenvalue weighted by Gasteiger charge is -2.33. The number of nitrogens with one attached hydrogen (secondary N) is 2. The molecule has 2 aliphatic heterocycles. The number of piperidine rings is 1. The average Bonchev–Trinajstić information content (AvgIpc) is 2.47. The lowest BCUT2D eigenvalue weighted by molar-refractivity contribution is -0.0195. The van der Waals surface area contributed by atoms with Crippen LogP contribution in [0.1, 0.15) is 40.0 Å². The zero-order valence-corrected chi connectivity index (χ0v) is 10.2. The van der Waals surface area contributed by atoms with Crippen LogP contribution in [0.25, 0.3) is 0 Å². The highest BCUT2D eigenvalue weighted by Crippen LogP contribution is 2.34. The van der Waals surface area contributed by atoms with Crippen LogP contribution in [0.4, 0.5) is 0 Å². The Labute approximate surface area is 93.0 Å². The summed E-state index contributed by atoms with van der Waals surface area (Å²) < 4.78 is 6.04. The fourth-order valence-electron chi connectivity index (χ4n) is 2.78. The third-order valence-corrected chi connectivity index (χ3v) is 3.36. The molecule has 2 N–H and O–H groups in total. The van der Waals surface area contributed by atoms with Gasteiger partial charge < -0.3 is 15.4 Å². The van der Waals surface area contributed by atoms with Crippen molar-refractivity contribution in [2.75, 3.05) is 19.7 Å². The average molecular weight is 212 g/mol. The summed E-state index contributed by atoms with van der Waals surface area (Å²) in [6.07, 6.45) is 3.54. The molecule has 2 saturated heterocycles. The quantitative estimate of drug-likeness (QED) is 0.687. The van der Waals surface area contributed by atoms with Gasteiger partial charge in [-0.25, -0.2) is 0 Å². The van der Waals surface area contributed by atoms with Gasteiger partial charge in [-0.1, -0.05) is 0 Å². The maximum atomic E-state index is 6.04. The number of ether oxygens (including phenoxy) is 1. The van der Waals surface area contributed by atoms with Crippen molar-refractivity contribution in [1.29, 1.82) is 0 Å². The van der Waals surface area contributed by atoms with E-state index in [1.165, 1.54) is 19.3 Å². The highest BCUT2D eigenvalue weighted by molar-refractivity contribution is 4.96. The maximum Gasteiger partial charge on any atom is 0.0723 e. The summed E-state index contributed by atoms with van der Waals surface area (Å²) in [5.41, 5.74) is 0.390. The van der Waals surface area contributed by atoms with Gasteiger partial charge in [0.1, 0.15) is 0 Å². The van der Waals surface area contributed by atoms with Crippen LogP contribution in [-0.4, -0.2) is 36.9 Å². The van der Waals surface area contributed by atoms with Crippen LogP contribution in [0, 0.1) is 0 Å². The normalized spacial score (nSPS) is 31.0. The van der Waals surface area contributed by atoms with Crippen molar-refractivity contribution in [3.63, 3.8) is 0 Å². The monoisotopic (exact) mass is 212 g/mol. The molecular formula is C12H24N2O. The van der Waals surface area contributed by atoms with E-state index in [9.17, 15) is 0 Å². The lowest BCUT2D eigenvalue weighted by Crippen LogP contribution is -2.46. The molecule has 0 aromatic carbocycles. The Bertz CT molecular complexity index is 216. The van der Waals surface area contributed by atoms with Gasteiger partial charge in [0.15, 0.2) is 0 Å². The van der Waals surface area contributed by atoms with Gasteiger partial charge in [-0.3, -0.25) is 0 Å². The van der Waals surface area contributed by atoms with Gasteiger partial charge >= 0.3 is 0 Å². The molecule has 2 heterocycles. The predicted molar refractivity (Wildman–Crippen MR) is 62.1 cm³/mol. The molecule has 0 aromatic rings. The van der Waals surface area contributed by atoms with Gasteiger partial charge in [0.2, 0.25) is 0 Å². The third-order valence-electron chi connectivity index (χ3n) is 3.36. The van der Waals surface area contributed by atoms with Crippen LogP contribution in [0.5, 0.6) is 0 Å². The summed E-state index contributed by atoms with van der Waals surface area (Å²) in [5, 5.41) is 7.04. The van der Waals surface area contributed by atoms with Gasteiger partial charge in [-0.2, -0.15) is 0 Å². The van der Waals surface area contributed by atoms with Crippen molar-refractivity contribution in [2.45, 2.75) is 57.2 Å². The second-order valence-corrected chi connectivity index (χ2v) is 6.04. The molecule has 3 heteroatoms. The Morgan fingerprint density at radius 2 is 1.93 bits per heavy atom. The molecule has 15 heavy (non-hydrogen) atoms. The van der Waals surface area contributed by atoms with E-state index in [0.717, 1.165) is 19.7 Å². The van der Waals surface area contributed by atoms with Crippen LogP contribution in [-0.2, 0) is 4.74 Å². The summed E-state index contributed by atoms with van der Waals surface area (Å²) >= 11 is 0. The molecule has 1 spiro atoms. The Morgan fingerprint density at radius 1 is 1.27 bits per heavy atom. The van der Waals surface area contributed by atoms with Gasteiger partial charge in [-0.15, -0.1) is 0 Å². The Balaban J connectivity index is 1.88. The van der Waals surface area contributed by atoms with E-state index >= 15 is 0 Å². The lowest BCUT2D eigenvalue weighted by atomic mass is 9.88. The minimum Gasteiger partial charge on any atom is -0.373 e. The van der Waals surface area contributed by atoms with Crippen LogP contribution in [0.15, 0.2) is 0 Å². The van der Waals surface area contributed by atoms with Crippen molar-refractivity contribution in [1.82, 2.24) is 10.6 Å². The van der Waals surface area contributed by atoms with Gasteiger partial charge in [0.25, 0.3) is 0 Å². The largest absolute Gasteiger partial charge is 0.373 e. The molecule has 1 unspecified atom stereocenters. The molecule has 0 radical (unpaired) electrons. The van der Waals surface area contributed by atoms with E-state index in [1.54, 1.807) is 0 Å². The fraction of sp³-hybridized carbons (Fsp3) is 1.00. The second-order valence-electron chi connectivity index (χ2n) is 6.04. The van der Waals surface area contributed by atoms with Crippen molar-refractivity contribution in [2.24, 2.45) is 0 Å². The van der Waals surface area contributed by atoms with Crippen LogP contribution in [0.3, 0.4) is 0 Å². The highest BCUT2D eigenvalue weighted by atomic mass is 16.5. The molecule has 0 aliphatic carbocycles. The Kier molecular flexibility index (Phi) is 3.06. The first kappa shape index (κ1) is 11.4. The third kappa shape index (κ3) is 2.92. The van der Waals surface area contributed by atoms with Crippen molar-refractivity contribution < 1.29 is 4.74 Å². The summed E-state index contributed by atoms with van der Waals surface area (Å²) in [6, 6.07) is 0.545. The van der Waals surface area contributed by atoms with Crippen LogP contribution in [0.2, 0.25) is 0 Å². The highest BCUT2D eigenvalue weighted by Gasteiger charge is 2.41. The smallest absolute Gasteiger partial charge is 0.0723 e. The first-order valence-electron chi connectivity index (χ1n) is 6.12. The molecule has 3 nitrogen and oxygen atoms in total. The van der Waals surface area contributed by atoms with Crippen LogP contribution < -0.4 is 10.6 Å². The first-order chi connectivity index (χ1) is 6.99. The summed E-state index contributed by atoms with van der Waals surface area (Å²) in [4.78, 5) is 0. The van der Waals surface area contributed by atoms with E-state index in [0.29, 0.717) is 6.04 Å². The Hall–Kier alpha value is -0.120. The van der Waals surface area contributed by atoms with E-state index in [2.05, 4.69) is 31.4 Å². The SMILES string of the molecule is CC(C)(C)NC1COC2(CCNCC2)C1. The zero-order valence-electron chi connectivity index (χ0n) is 10.2. The fourth-order valence-corrected chi connectivity index (χ4v) is 2.78. The topological polar surface area (TPSA) is 33.3 Å². The van der Waals surface area contributed by atoms with Crippen molar-refractivity contribution >= 4 is 0 Å². The molecule has 0 amide bonds. The van der Waals surface area contributed by atoms with Crippen LogP contribution >= 0.6 is 0 Å². The van der Waals surface area contributed by atoms with E-state index < -0.39 is 0 Å². The van der Waals surface area contributed by atoms with Gasteiger partial charge in [0, 0.05) is 11.6 Å². The zero-order chi connectivity index (χ0) is 10.9. The van der Waals surface area contributed by atoms with Gasteiger partial charge in [0.05, 0.1) is 12.2 Å². The van der Waals surface area contributed by atoms with Crippen molar-refractivity contribution in [3.8, 4) is 0 Å². The predicted octanol–water partition coefficient (Wildman–Crippen LogP) is 1.29. The molecule has 2 fully saturated rings. The molecule has 1 atom stereocenters. The molecule has 88 valence electrons. The summed E-state index contributed by atoms with van der Waals surface area (Å²) in [5.74, 6) is 0. The number of hydrogen-bond acceptors (Lipinski definition) is 3. The second kappa shape index (κ2) is 4.04. The molecule has 0 bridgehead atoms. The molecule has 0 saturated carbocycles. The summed E-state index contributed by atoms with van der Waals surface area (Å²) in [7, 11) is 0. The van der Waals surface area contributed by atoms with E-state index in [4.69, 9.17) is 4.74 Å². The maximum absolute atomic E-state index is 6.04. The Morgan fingerprint density at radius 3 is 2.53 bits per heavy atom. The molecule has 2 aliphatic rings. The first-order valence-corrected chi connectivity index (χ1v) is 6.12. The van der Waals surface area contributed by atoms with Gasteiger partial charge in [-0.05, 0) is 53.1 Å². The van der Waals surface area contributed by atoms with E-state index in [-0.39, 0.29) is 11.1 Å². The van der Waals surface area contributed by atoms with Crippen molar-refractivity contribution in [3.05, 3.63) is 0 Å². The number of rotatable bonds is 1. The minimum atomic E-state index is 0.189. The number of hydrogen-bond donors (Lipinski definition) is 2. The molecular weight excluding hydrogens is 188 g/mol. The minimum absolute atomic E-state index is 0.189. The van der Waals surface area contributed by atoms with E-state index in [1.807, 2.05) is 0 Å². The summed E-state index contributed by atoms with van der Waals surface area (Å²) in [6.45, 7) is 9.78. The molecule has 2 rings (SSSR count). The molecule has 0 aromatic heterocycles. The standard InChI is InChI=1S/C12H24N2O/c1-11(2,3)14-10-8-12(15-9-10)4-6-13-7-5-12/h10,13-14H,4-9H2,1-3H3.